The molecule has 0 heterocycles. The molecule has 3 aromatic carbocycles. The van der Waals surface area contributed by atoms with Gasteiger partial charge in [-0.3, -0.25) is 0 Å². The van der Waals surface area contributed by atoms with Gasteiger partial charge in [0.05, 0.1) is 7.11 Å². The maximum atomic E-state index is 13.5. The van der Waals surface area contributed by atoms with Gasteiger partial charge in [-0.1, -0.05) is 24.3 Å². The van der Waals surface area contributed by atoms with Crippen molar-refractivity contribution in [3.63, 3.8) is 0 Å². The van der Waals surface area contributed by atoms with Crippen LogP contribution in [0.2, 0.25) is 0 Å². The van der Waals surface area contributed by atoms with Crippen molar-refractivity contribution in [1.29, 1.82) is 0 Å². The number of nitrogens with two attached hydrogens (primary N) is 1. The maximum absolute atomic E-state index is 13.5. The molecule has 0 spiro atoms. The van der Waals surface area contributed by atoms with Crippen molar-refractivity contribution < 1.29 is 9.13 Å². The van der Waals surface area contributed by atoms with E-state index in [-0.39, 0.29) is 12.4 Å². The van der Waals surface area contributed by atoms with Crippen molar-refractivity contribution in [3.05, 3.63) is 66.0 Å². The molecule has 0 aromatic heterocycles. The van der Waals surface area contributed by atoms with E-state index >= 15 is 0 Å². The first-order chi connectivity index (χ1) is 10.2. The average molecular weight is 281 g/mol. The van der Waals surface area contributed by atoms with Crippen molar-refractivity contribution in [2.24, 2.45) is 5.73 Å². The Bertz CT molecular complexity index is 798. The van der Waals surface area contributed by atoms with Crippen LogP contribution in [0.4, 0.5) is 4.39 Å². The van der Waals surface area contributed by atoms with E-state index in [1.165, 1.54) is 6.07 Å². The molecular weight excluding hydrogens is 265 g/mol. The Morgan fingerprint density at radius 3 is 2.33 bits per heavy atom. The number of hydrogen-bond donors (Lipinski definition) is 1. The molecule has 2 N–H and O–H groups in total. The zero-order valence-electron chi connectivity index (χ0n) is 11.8. The summed E-state index contributed by atoms with van der Waals surface area (Å²) in [4.78, 5) is 0. The Balaban J connectivity index is 2.08. The smallest absolute Gasteiger partial charge is 0.127 e. The van der Waals surface area contributed by atoms with Crippen molar-refractivity contribution >= 4 is 10.8 Å². The van der Waals surface area contributed by atoms with Gasteiger partial charge < -0.3 is 10.5 Å². The zero-order valence-corrected chi connectivity index (χ0v) is 11.8. The quantitative estimate of drug-likeness (QED) is 0.784. The van der Waals surface area contributed by atoms with Crippen molar-refractivity contribution in [2.45, 2.75) is 6.54 Å². The summed E-state index contributed by atoms with van der Waals surface area (Å²) in [6.45, 7) is 0.199. The second-order valence-corrected chi connectivity index (χ2v) is 4.94. The van der Waals surface area contributed by atoms with Crippen LogP contribution in [-0.4, -0.2) is 7.11 Å². The summed E-state index contributed by atoms with van der Waals surface area (Å²) in [5.41, 5.74) is 8.11. The van der Waals surface area contributed by atoms with Gasteiger partial charge in [0.2, 0.25) is 0 Å². The molecule has 21 heavy (non-hydrogen) atoms. The van der Waals surface area contributed by atoms with E-state index < -0.39 is 0 Å². The second kappa shape index (κ2) is 5.54. The van der Waals surface area contributed by atoms with Crippen LogP contribution in [0.5, 0.6) is 5.75 Å². The van der Waals surface area contributed by atoms with Gasteiger partial charge in [-0.2, -0.15) is 0 Å². The molecule has 0 aliphatic carbocycles. The first kappa shape index (κ1) is 13.6. The highest BCUT2D eigenvalue weighted by atomic mass is 19.1. The lowest BCUT2D eigenvalue weighted by molar-refractivity contribution is 0.415. The predicted molar refractivity (Wildman–Crippen MR) is 83.8 cm³/mol. The van der Waals surface area contributed by atoms with Crippen LogP contribution in [0.3, 0.4) is 0 Å². The monoisotopic (exact) mass is 281 g/mol. The molecule has 0 amide bonds. The third-order valence-electron chi connectivity index (χ3n) is 3.65. The fourth-order valence-electron chi connectivity index (χ4n) is 2.44. The summed E-state index contributed by atoms with van der Waals surface area (Å²) in [7, 11) is 1.66. The van der Waals surface area contributed by atoms with Gasteiger partial charge in [-0.25, -0.2) is 4.39 Å². The van der Waals surface area contributed by atoms with E-state index in [9.17, 15) is 4.39 Å². The Morgan fingerprint density at radius 1 is 0.905 bits per heavy atom. The van der Waals surface area contributed by atoms with Gasteiger partial charge in [0, 0.05) is 12.1 Å². The van der Waals surface area contributed by atoms with Gasteiger partial charge in [-0.05, 0) is 52.2 Å². The molecule has 3 aromatic rings. The van der Waals surface area contributed by atoms with Crippen LogP contribution in [0.1, 0.15) is 5.56 Å². The lowest BCUT2D eigenvalue weighted by Gasteiger charge is -2.08. The minimum absolute atomic E-state index is 0.199. The average Bonchev–Trinajstić information content (AvgIpc) is 2.54. The second-order valence-electron chi connectivity index (χ2n) is 4.94. The lowest BCUT2D eigenvalue weighted by Crippen LogP contribution is -1.99. The zero-order chi connectivity index (χ0) is 14.8. The SMILES string of the molecule is COc1ccc2cc(-c3ccc(F)c(CN)c3)ccc2c1. The van der Waals surface area contributed by atoms with Gasteiger partial charge in [0.25, 0.3) is 0 Å². The molecule has 0 saturated heterocycles. The fraction of sp³-hybridized carbons (Fsp3) is 0.111. The largest absolute Gasteiger partial charge is 0.497 e. The number of hydrogen-bond acceptors (Lipinski definition) is 2. The lowest BCUT2D eigenvalue weighted by atomic mass is 9.99. The number of ether oxygens (including phenoxy) is 1. The van der Waals surface area contributed by atoms with Crippen molar-refractivity contribution in [3.8, 4) is 16.9 Å². The molecule has 0 radical (unpaired) electrons. The highest BCUT2D eigenvalue weighted by Gasteiger charge is 2.05. The Hall–Kier alpha value is -2.39. The Morgan fingerprint density at radius 2 is 1.57 bits per heavy atom. The topological polar surface area (TPSA) is 35.2 Å². The van der Waals surface area contributed by atoms with Crippen molar-refractivity contribution in [2.75, 3.05) is 7.11 Å². The van der Waals surface area contributed by atoms with Crippen LogP contribution in [0.15, 0.2) is 54.6 Å². The molecule has 0 aliphatic rings. The van der Waals surface area contributed by atoms with E-state index in [0.29, 0.717) is 5.56 Å². The third kappa shape index (κ3) is 2.60. The molecule has 0 fully saturated rings. The van der Waals surface area contributed by atoms with Gasteiger partial charge in [0.1, 0.15) is 11.6 Å². The Labute approximate surface area is 123 Å². The predicted octanol–water partition coefficient (Wildman–Crippen LogP) is 4.11. The first-order valence-electron chi connectivity index (χ1n) is 6.78. The van der Waals surface area contributed by atoms with Gasteiger partial charge in [-0.15, -0.1) is 0 Å². The normalized spacial score (nSPS) is 10.8. The van der Waals surface area contributed by atoms with E-state index in [1.807, 2.05) is 30.3 Å². The summed E-state index contributed by atoms with van der Waals surface area (Å²) in [5.74, 6) is 0.578. The van der Waals surface area contributed by atoms with E-state index in [4.69, 9.17) is 10.5 Å². The highest BCUT2D eigenvalue weighted by Crippen LogP contribution is 2.28. The van der Waals surface area contributed by atoms with Crippen molar-refractivity contribution in [1.82, 2.24) is 0 Å². The van der Waals surface area contributed by atoms with Crippen LogP contribution < -0.4 is 10.5 Å². The maximum Gasteiger partial charge on any atom is 0.127 e. The summed E-state index contributed by atoms with van der Waals surface area (Å²) >= 11 is 0. The molecule has 0 aliphatic heterocycles. The fourth-order valence-corrected chi connectivity index (χ4v) is 2.44. The van der Waals surface area contributed by atoms with Gasteiger partial charge in [0.15, 0.2) is 0 Å². The summed E-state index contributed by atoms with van der Waals surface area (Å²) < 4.78 is 18.8. The summed E-state index contributed by atoms with van der Waals surface area (Å²) in [6.07, 6.45) is 0. The molecule has 2 nitrogen and oxygen atoms in total. The number of benzene rings is 3. The van der Waals surface area contributed by atoms with Crippen LogP contribution in [-0.2, 0) is 6.54 Å². The molecule has 0 bridgehead atoms. The molecule has 0 atom stereocenters. The number of fused-ring (bicyclic) bond motifs is 1. The molecule has 3 heteroatoms. The molecule has 106 valence electrons. The molecule has 0 saturated carbocycles. The summed E-state index contributed by atoms with van der Waals surface area (Å²) in [5, 5.41) is 2.23. The van der Waals surface area contributed by atoms with E-state index in [0.717, 1.165) is 27.6 Å². The molecule has 0 unspecified atom stereocenters. The van der Waals surface area contributed by atoms with E-state index in [1.54, 1.807) is 19.2 Å². The third-order valence-corrected chi connectivity index (χ3v) is 3.65. The minimum atomic E-state index is -0.258. The van der Waals surface area contributed by atoms with Crippen LogP contribution >= 0.6 is 0 Å². The van der Waals surface area contributed by atoms with Gasteiger partial charge >= 0.3 is 0 Å². The van der Waals surface area contributed by atoms with E-state index in [2.05, 4.69) is 6.07 Å². The standard InChI is InChI=1S/C18H16FNO/c1-21-17-6-4-13-8-12(2-3-15(13)10-17)14-5-7-18(19)16(9-14)11-20/h2-10H,11,20H2,1H3. The number of halogens is 1. The highest BCUT2D eigenvalue weighted by molar-refractivity contribution is 5.88. The minimum Gasteiger partial charge on any atom is -0.497 e. The number of rotatable bonds is 3. The molecular formula is C18H16FNO. The Kier molecular flexibility index (Phi) is 3.59. The summed E-state index contributed by atoms with van der Waals surface area (Å²) in [6, 6.07) is 17.1. The van der Waals surface area contributed by atoms with Crippen LogP contribution in [0.25, 0.3) is 21.9 Å². The number of methoxy groups -OCH3 is 1. The molecule has 3 rings (SSSR count). The first-order valence-corrected chi connectivity index (χ1v) is 6.78. The van der Waals surface area contributed by atoms with Crippen LogP contribution in [0, 0.1) is 5.82 Å².